The van der Waals surface area contributed by atoms with Gasteiger partial charge in [0.25, 0.3) is 0 Å². The number of nitrogens with zero attached hydrogens (tertiary/aromatic N) is 1. The van der Waals surface area contributed by atoms with Gasteiger partial charge in [0.05, 0.1) is 24.8 Å². The Morgan fingerprint density at radius 1 is 1.53 bits per heavy atom. The van der Waals surface area contributed by atoms with Gasteiger partial charge in [-0.15, -0.1) is 0 Å². The maximum absolute atomic E-state index is 8.88. The lowest BCUT2D eigenvalue weighted by Crippen LogP contribution is -2.31. The molecule has 0 amide bonds. The van der Waals surface area contributed by atoms with E-state index in [2.05, 4.69) is 11.4 Å². The average Bonchev–Trinajstić information content (AvgIpc) is 3.00. The molecule has 0 spiro atoms. The number of ether oxygens (including phenoxy) is 2. The lowest BCUT2D eigenvalue weighted by molar-refractivity contribution is 0.00692. The highest BCUT2D eigenvalue weighted by atomic mass is 16.5. The van der Waals surface area contributed by atoms with Gasteiger partial charge in [-0.3, -0.25) is 5.32 Å². The molecular formula is C11H20N2O2. The summed E-state index contributed by atoms with van der Waals surface area (Å²) in [7, 11) is 1.66. The zero-order valence-corrected chi connectivity index (χ0v) is 9.53. The van der Waals surface area contributed by atoms with E-state index in [1.807, 2.05) is 6.92 Å². The van der Waals surface area contributed by atoms with Gasteiger partial charge in [-0.2, -0.15) is 5.26 Å². The molecule has 1 fully saturated rings. The van der Waals surface area contributed by atoms with Crippen molar-refractivity contribution in [2.45, 2.75) is 44.4 Å². The minimum atomic E-state index is -0.0627. The zero-order valence-electron chi connectivity index (χ0n) is 9.53. The van der Waals surface area contributed by atoms with Crippen LogP contribution in [0.4, 0.5) is 0 Å². The summed E-state index contributed by atoms with van der Waals surface area (Å²) in [6.07, 6.45) is 3.27. The van der Waals surface area contributed by atoms with E-state index in [0.717, 1.165) is 6.42 Å². The van der Waals surface area contributed by atoms with Gasteiger partial charge in [0.15, 0.2) is 0 Å². The Labute approximate surface area is 91.6 Å². The van der Waals surface area contributed by atoms with E-state index in [1.54, 1.807) is 7.11 Å². The molecule has 86 valence electrons. The van der Waals surface area contributed by atoms with E-state index in [-0.39, 0.29) is 12.1 Å². The van der Waals surface area contributed by atoms with E-state index < -0.39 is 0 Å². The molecule has 4 nitrogen and oxygen atoms in total. The standard InChI is InChI=1S/C11H20N2O2/c1-9(8-14-2)15-6-5-11(7-12)13-10-3-4-10/h9-11,13H,3-6,8H2,1-2H3. The fraction of sp³-hybridized carbons (Fsp3) is 0.909. The topological polar surface area (TPSA) is 54.3 Å². The van der Waals surface area contributed by atoms with Gasteiger partial charge in [0, 0.05) is 19.8 Å². The first kappa shape index (κ1) is 12.4. The summed E-state index contributed by atoms with van der Waals surface area (Å²) in [6, 6.07) is 2.77. The summed E-state index contributed by atoms with van der Waals surface area (Å²) in [4.78, 5) is 0. The molecule has 0 bridgehead atoms. The highest BCUT2D eigenvalue weighted by Crippen LogP contribution is 2.19. The van der Waals surface area contributed by atoms with E-state index >= 15 is 0 Å². The summed E-state index contributed by atoms with van der Waals surface area (Å²) in [5, 5.41) is 12.2. The lowest BCUT2D eigenvalue weighted by atomic mass is 10.2. The van der Waals surface area contributed by atoms with Crippen molar-refractivity contribution in [1.82, 2.24) is 5.32 Å². The predicted molar refractivity (Wildman–Crippen MR) is 57.5 cm³/mol. The molecule has 1 aliphatic carbocycles. The second-order valence-corrected chi connectivity index (χ2v) is 4.05. The first-order chi connectivity index (χ1) is 7.26. The van der Waals surface area contributed by atoms with Crippen LogP contribution in [-0.4, -0.2) is 38.5 Å². The van der Waals surface area contributed by atoms with Crippen molar-refractivity contribution in [1.29, 1.82) is 5.26 Å². The summed E-state index contributed by atoms with van der Waals surface area (Å²) < 4.78 is 10.5. The van der Waals surface area contributed by atoms with Crippen molar-refractivity contribution in [3.05, 3.63) is 0 Å². The first-order valence-electron chi connectivity index (χ1n) is 5.52. The van der Waals surface area contributed by atoms with Crippen LogP contribution in [0.5, 0.6) is 0 Å². The number of nitriles is 1. The Hall–Kier alpha value is -0.630. The molecule has 0 aliphatic heterocycles. The van der Waals surface area contributed by atoms with Gasteiger partial charge >= 0.3 is 0 Å². The molecule has 0 radical (unpaired) electrons. The third kappa shape index (κ3) is 5.73. The molecule has 0 aromatic carbocycles. The molecule has 4 heteroatoms. The lowest BCUT2D eigenvalue weighted by Gasteiger charge is -2.14. The Morgan fingerprint density at radius 3 is 2.80 bits per heavy atom. The second-order valence-electron chi connectivity index (χ2n) is 4.05. The number of rotatable bonds is 8. The van der Waals surface area contributed by atoms with Crippen LogP contribution in [0.2, 0.25) is 0 Å². The average molecular weight is 212 g/mol. The maximum Gasteiger partial charge on any atom is 0.0977 e. The minimum Gasteiger partial charge on any atom is -0.382 e. The summed E-state index contributed by atoms with van der Waals surface area (Å²) in [5.74, 6) is 0. The van der Waals surface area contributed by atoms with Crippen LogP contribution in [0, 0.1) is 11.3 Å². The molecule has 2 unspecified atom stereocenters. The summed E-state index contributed by atoms with van der Waals surface area (Å²) in [5.41, 5.74) is 0. The van der Waals surface area contributed by atoms with Gasteiger partial charge in [-0.25, -0.2) is 0 Å². The van der Waals surface area contributed by atoms with Crippen LogP contribution in [0.1, 0.15) is 26.2 Å². The SMILES string of the molecule is COCC(C)OCCC(C#N)NC1CC1. The fourth-order valence-corrected chi connectivity index (χ4v) is 1.39. The Kier molecular flexibility index (Phi) is 5.62. The largest absolute Gasteiger partial charge is 0.382 e. The molecule has 1 saturated carbocycles. The van der Waals surface area contributed by atoms with Gasteiger partial charge in [-0.1, -0.05) is 0 Å². The smallest absolute Gasteiger partial charge is 0.0977 e. The Balaban J connectivity index is 2.03. The first-order valence-corrected chi connectivity index (χ1v) is 5.52. The van der Waals surface area contributed by atoms with Crippen LogP contribution in [0.15, 0.2) is 0 Å². The van der Waals surface area contributed by atoms with Crippen molar-refractivity contribution in [2.24, 2.45) is 0 Å². The van der Waals surface area contributed by atoms with E-state index in [1.165, 1.54) is 12.8 Å². The summed E-state index contributed by atoms with van der Waals surface area (Å²) in [6.45, 7) is 3.19. The van der Waals surface area contributed by atoms with Crippen molar-refractivity contribution >= 4 is 0 Å². The van der Waals surface area contributed by atoms with Crippen molar-refractivity contribution in [2.75, 3.05) is 20.3 Å². The van der Waals surface area contributed by atoms with Crippen molar-refractivity contribution in [3.8, 4) is 6.07 Å². The van der Waals surface area contributed by atoms with Gasteiger partial charge in [-0.05, 0) is 26.2 Å². The molecule has 0 heterocycles. The molecular weight excluding hydrogens is 192 g/mol. The van der Waals surface area contributed by atoms with Gasteiger partial charge < -0.3 is 9.47 Å². The van der Waals surface area contributed by atoms with Crippen LogP contribution in [0.3, 0.4) is 0 Å². The number of nitrogens with one attached hydrogen (secondary N) is 1. The van der Waals surface area contributed by atoms with Crippen molar-refractivity contribution in [3.63, 3.8) is 0 Å². The molecule has 1 aliphatic rings. The van der Waals surface area contributed by atoms with E-state index in [0.29, 0.717) is 19.3 Å². The van der Waals surface area contributed by atoms with Crippen LogP contribution in [-0.2, 0) is 9.47 Å². The molecule has 0 aromatic heterocycles. The van der Waals surface area contributed by atoms with Gasteiger partial charge in [0.1, 0.15) is 0 Å². The summed E-state index contributed by atoms with van der Waals surface area (Å²) >= 11 is 0. The third-order valence-electron chi connectivity index (χ3n) is 2.38. The van der Waals surface area contributed by atoms with Gasteiger partial charge in [0.2, 0.25) is 0 Å². The molecule has 0 saturated heterocycles. The number of hydrogen-bond donors (Lipinski definition) is 1. The number of methoxy groups -OCH3 is 1. The number of hydrogen-bond acceptors (Lipinski definition) is 4. The minimum absolute atomic E-state index is 0.0627. The quantitative estimate of drug-likeness (QED) is 0.654. The Bertz CT molecular complexity index is 211. The molecule has 0 aromatic rings. The predicted octanol–water partition coefficient (Wildman–Crippen LogP) is 1.07. The molecule has 15 heavy (non-hydrogen) atoms. The third-order valence-corrected chi connectivity index (χ3v) is 2.38. The Morgan fingerprint density at radius 2 is 2.27 bits per heavy atom. The highest BCUT2D eigenvalue weighted by molar-refractivity contribution is 4.95. The van der Waals surface area contributed by atoms with E-state index in [9.17, 15) is 0 Å². The van der Waals surface area contributed by atoms with E-state index in [4.69, 9.17) is 14.7 Å². The van der Waals surface area contributed by atoms with Crippen LogP contribution < -0.4 is 5.32 Å². The highest BCUT2D eigenvalue weighted by Gasteiger charge is 2.24. The van der Waals surface area contributed by atoms with Crippen molar-refractivity contribution < 1.29 is 9.47 Å². The maximum atomic E-state index is 8.88. The normalized spacial score (nSPS) is 19.5. The van der Waals surface area contributed by atoms with Crippen LogP contribution in [0.25, 0.3) is 0 Å². The molecule has 1 rings (SSSR count). The second kappa shape index (κ2) is 6.78. The monoisotopic (exact) mass is 212 g/mol. The molecule has 1 N–H and O–H groups in total. The fourth-order valence-electron chi connectivity index (χ4n) is 1.39. The molecule has 2 atom stereocenters. The van der Waals surface area contributed by atoms with Crippen LogP contribution >= 0.6 is 0 Å². The zero-order chi connectivity index (χ0) is 11.1.